The average Bonchev–Trinajstić information content (AvgIpc) is 3.04. The van der Waals surface area contributed by atoms with Crippen molar-refractivity contribution in [1.82, 2.24) is 9.78 Å². The maximum absolute atomic E-state index is 12.0. The zero-order valence-electron chi connectivity index (χ0n) is 11.6. The van der Waals surface area contributed by atoms with Crippen LogP contribution in [-0.2, 0) is 11.3 Å². The van der Waals surface area contributed by atoms with Crippen molar-refractivity contribution in [2.75, 3.05) is 0 Å². The summed E-state index contributed by atoms with van der Waals surface area (Å²) >= 11 is 3.43. The van der Waals surface area contributed by atoms with Crippen LogP contribution in [0.2, 0.25) is 0 Å². The fourth-order valence-corrected chi connectivity index (χ4v) is 2.42. The summed E-state index contributed by atoms with van der Waals surface area (Å²) in [5.74, 6) is 0. The van der Waals surface area contributed by atoms with Crippen LogP contribution in [0, 0.1) is 0 Å². The highest BCUT2D eigenvalue weighted by Crippen LogP contribution is 2.22. The van der Waals surface area contributed by atoms with Gasteiger partial charge in [-0.3, -0.25) is 0 Å². The molecular formula is C17H13BrN2O2. The van der Waals surface area contributed by atoms with E-state index in [0.29, 0.717) is 0 Å². The minimum Gasteiger partial charge on any atom is -0.443 e. The minimum absolute atomic E-state index is 0.228. The molecule has 0 saturated heterocycles. The summed E-state index contributed by atoms with van der Waals surface area (Å²) in [4.78, 5) is 12.0. The number of hydrogen-bond donors (Lipinski definition) is 0. The number of carbonyl (C=O) groups is 1. The van der Waals surface area contributed by atoms with Crippen molar-refractivity contribution >= 4 is 22.0 Å². The van der Waals surface area contributed by atoms with Gasteiger partial charge in [-0.15, -0.1) is 0 Å². The van der Waals surface area contributed by atoms with E-state index in [-0.39, 0.29) is 6.61 Å². The number of carbonyl (C=O) groups excluding carboxylic acids is 1. The van der Waals surface area contributed by atoms with Crippen molar-refractivity contribution in [3.05, 3.63) is 77.0 Å². The summed E-state index contributed by atoms with van der Waals surface area (Å²) < 4.78 is 7.42. The highest BCUT2D eigenvalue weighted by molar-refractivity contribution is 9.10. The highest BCUT2D eigenvalue weighted by atomic mass is 79.9. The summed E-state index contributed by atoms with van der Waals surface area (Å²) in [6, 6.07) is 17.4. The first-order chi connectivity index (χ1) is 10.7. The summed E-state index contributed by atoms with van der Waals surface area (Å²) in [5, 5.41) is 4.06. The molecule has 0 spiro atoms. The number of ether oxygens (including phenoxy) is 1. The molecule has 1 aromatic heterocycles. The predicted octanol–water partition coefficient (Wildman–Crippen LogP) is 4.50. The number of hydrogen-bond acceptors (Lipinski definition) is 3. The van der Waals surface area contributed by atoms with E-state index in [2.05, 4.69) is 21.0 Å². The summed E-state index contributed by atoms with van der Waals surface area (Å²) in [6.45, 7) is 0.228. The fraction of sp³-hybridized carbons (Fsp3) is 0.0588. The largest absolute Gasteiger partial charge is 0.443 e. The van der Waals surface area contributed by atoms with Gasteiger partial charge in [-0.25, -0.2) is 4.79 Å². The molecule has 1 heterocycles. The van der Waals surface area contributed by atoms with Gasteiger partial charge in [-0.1, -0.05) is 58.4 Å². The Morgan fingerprint density at radius 1 is 1.09 bits per heavy atom. The van der Waals surface area contributed by atoms with E-state index >= 15 is 0 Å². The maximum Gasteiger partial charge on any atom is 0.435 e. The normalized spacial score (nSPS) is 10.4. The Bertz CT molecular complexity index is 784. The number of benzene rings is 2. The second kappa shape index (κ2) is 6.58. The van der Waals surface area contributed by atoms with E-state index in [1.165, 1.54) is 4.68 Å². The molecule has 3 aromatic rings. The lowest BCUT2D eigenvalue weighted by Gasteiger charge is -2.04. The molecule has 0 radical (unpaired) electrons. The van der Waals surface area contributed by atoms with Gasteiger partial charge in [-0.05, 0) is 23.3 Å². The first kappa shape index (κ1) is 14.5. The molecule has 0 aliphatic rings. The van der Waals surface area contributed by atoms with Crippen LogP contribution in [0.25, 0.3) is 11.1 Å². The molecule has 5 heteroatoms. The zero-order valence-corrected chi connectivity index (χ0v) is 13.2. The van der Waals surface area contributed by atoms with Crippen LogP contribution < -0.4 is 0 Å². The van der Waals surface area contributed by atoms with Gasteiger partial charge in [0.1, 0.15) is 6.61 Å². The lowest BCUT2D eigenvalue weighted by atomic mass is 10.1. The van der Waals surface area contributed by atoms with Gasteiger partial charge in [-0.2, -0.15) is 9.78 Å². The topological polar surface area (TPSA) is 44.1 Å². The maximum atomic E-state index is 12.0. The molecule has 0 fully saturated rings. The first-order valence-electron chi connectivity index (χ1n) is 6.74. The Labute approximate surface area is 136 Å². The molecule has 4 nitrogen and oxygen atoms in total. The van der Waals surface area contributed by atoms with Crippen LogP contribution in [-0.4, -0.2) is 15.9 Å². The van der Waals surface area contributed by atoms with E-state index in [1.54, 1.807) is 12.4 Å². The van der Waals surface area contributed by atoms with E-state index in [4.69, 9.17) is 4.74 Å². The lowest BCUT2D eigenvalue weighted by molar-refractivity contribution is 0.138. The van der Waals surface area contributed by atoms with Gasteiger partial charge >= 0.3 is 6.09 Å². The summed E-state index contributed by atoms with van der Waals surface area (Å²) in [6.07, 6.45) is 2.81. The molecule has 0 unspecified atom stereocenters. The van der Waals surface area contributed by atoms with Crippen LogP contribution in [0.4, 0.5) is 4.79 Å². The van der Waals surface area contributed by atoms with Gasteiger partial charge in [0.15, 0.2) is 0 Å². The molecule has 0 N–H and O–H groups in total. The highest BCUT2D eigenvalue weighted by Gasteiger charge is 2.10. The van der Waals surface area contributed by atoms with Crippen LogP contribution in [0.5, 0.6) is 0 Å². The van der Waals surface area contributed by atoms with Crippen LogP contribution >= 0.6 is 15.9 Å². The van der Waals surface area contributed by atoms with Crippen molar-refractivity contribution < 1.29 is 9.53 Å². The molecule has 0 amide bonds. The Hall–Kier alpha value is -2.40. The van der Waals surface area contributed by atoms with Crippen LogP contribution in [0.1, 0.15) is 5.56 Å². The molecule has 0 aliphatic carbocycles. The third-order valence-electron chi connectivity index (χ3n) is 3.13. The second-order valence-electron chi connectivity index (χ2n) is 4.72. The van der Waals surface area contributed by atoms with E-state index < -0.39 is 6.09 Å². The first-order valence-corrected chi connectivity index (χ1v) is 7.53. The standard InChI is InChI=1S/C17H13BrN2O2/c18-16-8-4-7-14(9-16)15-10-19-20(11-15)17(21)22-12-13-5-2-1-3-6-13/h1-11H,12H2. The molecule has 22 heavy (non-hydrogen) atoms. The molecule has 2 aromatic carbocycles. The van der Waals surface area contributed by atoms with Crippen LogP contribution in [0.15, 0.2) is 71.5 Å². The Morgan fingerprint density at radius 2 is 1.91 bits per heavy atom. The Balaban J connectivity index is 1.69. The molecule has 110 valence electrons. The number of halogens is 1. The third kappa shape index (κ3) is 3.43. The number of rotatable bonds is 3. The molecule has 0 atom stereocenters. The van der Waals surface area contributed by atoms with Gasteiger partial charge in [0.05, 0.1) is 6.20 Å². The quantitative estimate of drug-likeness (QED) is 0.693. The molecule has 3 rings (SSSR count). The third-order valence-corrected chi connectivity index (χ3v) is 3.63. The number of aromatic nitrogens is 2. The van der Waals surface area contributed by atoms with Gasteiger partial charge in [0.25, 0.3) is 0 Å². The lowest BCUT2D eigenvalue weighted by Crippen LogP contribution is -2.13. The van der Waals surface area contributed by atoms with E-state index in [0.717, 1.165) is 21.2 Å². The number of nitrogens with zero attached hydrogens (tertiary/aromatic N) is 2. The van der Waals surface area contributed by atoms with Crippen molar-refractivity contribution in [3.8, 4) is 11.1 Å². The van der Waals surface area contributed by atoms with Gasteiger partial charge in [0.2, 0.25) is 0 Å². The minimum atomic E-state index is -0.495. The monoisotopic (exact) mass is 356 g/mol. The van der Waals surface area contributed by atoms with E-state index in [9.17, 15) is 4.79 Å². The molecule has 0 saturated carbocycles. The van der Waals surface area contributed by atoms with Crippen LogP contribution in [0.3, 0.4) is 0 Å². The molecule has 0 bridgehead atoms. The fourth-order valence-electron chi connectivity index (χ4n) is 2.03. The smallest absolute Gasteiger partial charge is 0.435 e. The second-order valence-corrected chi connectivity index (χ2v) is 5.64. The summed E-state index contributed by atoms with van der Waals surface area (Å²) in [5.41, 5.74) is 2.78. The average molecular weight is 357 g/mol. The Morgan fingerprint density at radius 3 is 2.68 bits per heavy atom. The SMILES string of the molecule is O=C(OCc1ccccc1)n1cc(-c2cccc(Br)c2)cn1. The van der Waals surface area contributed by atoms with Crippen molar-refractivity contribution in [2.45, 2.75) is 6.61 Å². The van der Waals surface area contributed by atoms with E-state index in [1.807, 2.05) is 54.6 Å². The molecule has 0 aliphatic heterocycles. The van der Waals surface area contributed by atoms with Crippen molar-refractivity contribution in [1.29, 1.82) is 0 Å². The van der Waals surface area contributed by atoms with Crippen molar-refractivity contribution in [2.24, 2.45) is 0 Å². The molecular weight excluding hydrogens is 344 g/mol. The van der Waals surface area contributed by atoms with Crippen molar-refractivity contribution in [3.63, 3.8) is 0 Å². The summed E-state index contributed by atoms with van der Waals surface area (Å²) in [7, 11) is 0. The van der Waals surface area contributed by atoms with Gasteiger partial charge in [0, 0.05) is 16.2 Å². The zero-order chi connectivity index (χ0) is 15.4. The predicted molar refractivity (Wildman–Crippen MR) is 87.4 cm³/mol. The van der Waals surface area contributed by atoms with Gasteiger partial charge < -0.3 is 4.74 Å². The Kier molecular flexibility index (Phi) is 4.34.